The third-order valence-electron chi connectivity index (χ3n) is 4.72. The first-order chi connectivity index (χ1) is 13.5. The van der Waals surface area contributed by atoms with E-state index in [2.05, 4.69) is 13.0 Å². The number of amides is 1. The monoisotopic (exact) mass is 390 g/mol. The molecule has 1 amide bonds. The summed E-state index contributed by atoms with van der Waals surface area (Å²) < 4.78 is 14.7. The summed E-state index contributed by atoms with van der Waals surface area (Å²) in [5.74, 6) is -0.697. The molecule has 28 heavy (non-hydrogen) atoms. The van der Waals surface area contributed by atoms with Crippen LogP contribution in [0.15, 0.2) is 66.7 Å². The lowest BCUT2D eigenvalue weighted by atomic mass is 10.1. The smallest absolute Gasteiger partial charge is 0.260 e. The van der Waals surface area contributed by atoms with E-state index in [1.54, 1.807) is 17.0 Å². The van der Waals surface area contributed by atoms with E-state index in [9.17, 15) is 9.18 Å². The molecule has 140 valence electrons. The van der Waals surface area contributed by atoms with Gasteiger partial charge in [-0.15, -0.1) is 0 Å². The topological polar surface area (TPSA) is 33.2 Å². The molecule has 3 aromatic carbocycles. The SMILES string of the molecule is Cc1cc2nc(N(Cc3ccccc3)C(=O)c3cccc(F)c3)sc2cc1C. The van der Waals surface area contributed by atoms with Crippen molar-refractivity contribution >= 4 is 32.6 Å². The number of aromatic nitrogens is 1. The van der Waals surface area contributed by atoms with Gasteiger partial charge in [-0.3, -0.25) is 9.69 Å². The minimum Gasteiger partial charge on any atom is -0.279 e. The number of carbonyl (C=O) groups is 1. The number of halogens is 1. The minimum absolute atomic E-state index is 0.268. The lowest BCUT2D eigenvalue weighted by Gasteiger charge is -2.20. The highest BCUT2D eigenvalue weighted by atomic mass is 32.1. The van der Waals surface area contributed by atoms with Crippen LogP contribution in [0.4, 0.5) is 9.52 Å². The number of hydrogen-bond acceptors (Lipinski definition) is 3. The van der Waals surface area contributed by atoms with Gasteiger partial charge in [0.2, 0.25) is 0 Å². The van der Waals surface area contributed by atoms with Gasteiger partial charge in [-0.2, -0.15) is 0 Å². The fourth-order valence-electron chi connectivity index (χ4n) is 3.05. The van der Waals surface area contributed by atoms with Crippen LogP contribution in [0.1, 0.15) is 27.0 Å². The predicted octanol–water partition coefficient (Wildman–Crippen LogP) is 5.90. The van der Waals surface area contributed by atoms with Crippen LogP contribution in [0.3, 0.4) is 0 Å². The second kappa shape index (κ2) is 7.52. The van der Waals surface area contributed by atoms with Crippen LogP contribution in [0.25, 0.3) is 10.2 Å². The molecule has 0 saturated carbocycles. The van der Waals surface area contributed by atoms with Crippen LogP contribution in [-0.4, -0.2) is 10.9 Å². The van der Waals surface area contributed by atoms with E-state index < -0.39 is 5.82 Å². The number of anilines is 1. The molecule has 0 aliphatic carbocycles. The van der Waals surface area contributed by atoms with Crippen molar-refractivity contribution in [2.75, 3.05) is 4.90 Å². The van der Waals surface area contributed by atoms with Gasteiger partial charge in [-0.25, -0.2) is 9.37 Å². The van der Waals surface area contributed by atoms with Gasteiger partial charge in [0.1, 0.15) is 5.82 Å². The molecule has 0 unspecified atom stereocenters. The first kappa shape index (κ1) is 18.3. The fraction of sp³-hybridized carbons (Fsp3) is 0.130. The summed E-state index contributed by atoms with van der Waals surface area (Å²) in [6, 6.07) is 19.7. The molecule has 0 radical (unpaired) electrons. The van der Waals surface area contributed by atoms with Crippen molar-refractivity contribution < 1.29 is 9.18 Å². The van der Waals surface area contributed by atoms with Gasteiger partial charge in [0.15, 0.2) is 5.13 Å². The molecule has 5 heteroatoms. The Morgan fingerprint density at radius 1 is 1.00 bits per heavy atom. The highest BCUT2D eigenvalue weighted by Crippen LogP contribution is 2.32. The maximum absolute atomic E-state index is 13.7. The van der Waals surface area contributed by atoms with Crippen molar-refractivity contribution in [2.45, 2.75) is 20.4 Å². The van der Waals surface area contributed by atoms with E-state index >= 15 is 0 Å². The van der Waals surface area contributed by atoms with Gasteiger partial charge in [-0.05, 0) is 60.9 Å². The van der Waals surface area contributed by atoms with E-state index in [0.717, 1.165) is 21.3 Å². The Balaban J connectivity index is 1.79. The number of fused-ring (bicyclic) bond motifs is 1. The second-order valence-corrected chi connectivity index (χ2v) is 7.80. The van der Waals surface area contributed by atoms with Crippen LogP contribution >= 0.6 is 11.3 Å². The Hall–Kier alpha value is -3.05. The lowest BCUT2D eigenvalue weighted by molar-refractivity contribution is 0.0984. The number of carbonyl (C=O) groups excluding carboxylic acids is 1. The Labute approximate surface area is 167 Å². The summed E-state index contributed by atoms with van der Waals surface area (Å²) in [5.41, 5.74) is 4.51. The minimum atomic E-state index is -0.430. The zero-order valence-corrected chi connectivity index (χ0v) is 16.5. The number of rotatable bonds is 4. The molecular weight excluding hydrogens is 371 g/mol. The van der Waals surface area contributed by atoms with E-state index in [4.69, 9.17) is 4.98 Å². The van der Waals surface area contributed by atoms with Crippen LogP contribution in [0, 0.1) is 19.7 Å². The summed E-state index contributed by atoms with van der Waals surface area (Å²) in [6.07, 6.45) is 0. The first-order valence-corrected chi connectivity index (χ1v) is 9.82. The summed E-state index contributed by atoms with van der Waals surface area (Å²) in [6.45, 7) is 4.48. The number of thiazole rings is 1. The molecule has 1 heterocycles. The third kappa shape index (κ3) is 3.66. The molecule has 0 atom stereocenters. The van der Waals surface area contributed by atoms with E-state index in [0.29, 0.717) is 17.2 Å². The van der Waals surface area contributed by atoms with Gasteiger partial charge in [-0.1, -0.05) is 47.7 Å². The molecule has 3 nitrogen and oxygen atoms in total. The summed E-state index contributed by atoms with van der Waals surface area (Å²) in [7, 11) is 0. The van der Waals surface area contributed by atoms with Crippen LogP contribution in [-0.2, 0) is 6.54 Å². The first-order valence-electron chi connectivity index (χ1n) is 9.00. The largest absolute Gasteiger partial charge is 0.279 e. The van der Waals surface area contributed by atoms with E-state index in [-0.39, 0.29) is 5.91 Å². The highest BCUT2D eigenvalue weighted by Gasteiger charge is 2.22. The average molecular weight is 390 g/mol. The molecule has 0 bridgehead atoms. The second-order valence-electron chi connectivity index (χ2n) is 6.79. The van der Waals surface area contributed by atoms with Crippen molar-refractivity contribution in [3.8, 4) is 0 Å². The van der Waals surface area contributed by atoms with Crippen LogP contribution in [0.5, 0.6) is 0 Å². The van der Waals surface area contributed by atoms with E-state index in [1.165, 1.54) is 29.0 Å². The molecule has 4 aromatic rings. The lowest BCUT2D eigenvalue weighted by Crippen LogP contribution is -2.30. The van der Waals surface area contributed by atoms with Gasteiger partial charge >= 0.3 is 0 Å². The van der Waals surface area contributed by atoms with Crippen molar-refractivity contribution in [1.29, 1.82) is 0 Å². The average Bonchev–Trinajstić information content (AvgIpc) is 3.09. The van der Waals surface area contributed by atoms with Gasteiger partial charge in [0, 0.05) is 5.56 Å². The van der Waals surface area contributed by atoms with Crippen LogP contribution < -0.4 is 4.90 Å². The summed E-state index contributed by atoms with van der Waals surface area (Å²) in [4.78, 5) is 19.6. The number of benzene rings is 3. The molecule has 0 aliphatic heterocycles. The summed E-state index contributed by atoms with van der Waals surface area (Å²) in [5, 5.41) is 0.609. The number of hydrogen-bond donors (Lipinski definition) is 0. The quantitative estimate of drug-likeness (QED) is 0.435. The molecule has 0 N–H and O–H groups in total. The van der Waals surface area contributed by atoms with Gasteiger partial charge < -0.3 is 0 Å². The zero-order chi connectivity index (χ0) is 19.7. The van der Waals surface area contributed by atoms with Crippen LogP contribution in [0.2, 0.25) is 0 Å². The van der Waals surface area contributed by atoms with E-state index in [1.807, 2.05) is 43.3 Å². The maximum Gasteiger partial charge on any atom is 0.260 e. The number of nitrogens with zero attached hydrogens (tertiary/aromatic N) is 2. The van der Waals surface area contributed by atoms with Gasteiger partial charge in [0.25, 0.3) is 5.91 Å². The molecule has 0 aliphatic rings. The normalized spacial score (nSPS) is 11.0. The molecule has 0 fully saturated rings. The van der Waals surface area contributed by atoms with Crippen molar-refractivity contribution in [1.82, 2.24) is 4.98 Å². The highest BCUT2D eigenvalue weighted by molar-refractivity contribution is 7.22. The standard InChI is InChI=1S/C23H19FN2OS/c1-15-11-20-21(12-16(15)2)28-23(25-20)26(14-17-7-4-3-5-8-17)22(27)18-9-6-10-19(24)13-18/h3-13H,14H2,1-2H3. The Bertz CT molecular complexity index is 1110. The Kier molecular flexibility index (Phi) is 4.92. The van der Waals surface area contributed by atoms with Gasteiger partial charge in [0.05, 0.1) is 16.8 Å². The Morgan fingerprint density at radius 2 is 1.75 bits per heavy atom. The van der Waals surface area contributed by atoms with Crippen molar-refractivity contribution in [2.24, 2.45) is 0 Å². The molecule has 0 saturated heterocycles. The maximum atomic E-state index is 13.7. The number of aryl methyl sites for hydroxylation is 2. The predicted molar refractivity (Wildman–Crippen MR) is 112 cm³/mol. The Morgan fingerprint density at radius 3 is 2.50 bits per heavy atom. The molecule has 0 spiro atoms. The van der Waals surface area contributed by atoms with Crippen molar-refractivity contribution in [3.63, 3.8) is 0 Å². The molecular formula is C23H19FN2OS. The molecule has 1 aromatic heterocycles. The molecule has 4 rings (SSSR count). The van der Waals surface area contributed by atoms with Crippen molar-refractivity contribution in [3.05, 3.63) is 94.8 Å². The summed E-state index contributed by atoms with van der Waals surface area (Å²) >= 11 is 1.47. The zero-order valence-electron chi connectivity index (χ0n) is 15.6. The third-order valence-corrected chi connectivity index (χ3v) is 5.76. The fourth-order valence-corrected chi connectivity index (χ4v) is 4.10.